The summed E-state index contributed by atoms with van der Waals surface area (Å²) in [6.07, 6.45) is 3.40. The van der Waals surface area contributed by atoms with Gasteiger partial charge in [0.05, 0.1) is 41.7 Å². The molecule has 8 aliphatic carbocycles. The second-order valence-electron chi connectivity index (χ2n) is 28.7. The molecule has 20 nitrogen and oxygen atoms in total. The van der Waals surface area contributed by atoms with Crippen LogP contribution in [0, 0.1) is 86.8 Å². The van der Waals surface area contributed by atoms with Gasteiger partial charge >= 0.3 is 41.6 Å². The number of ketones is 1. The van der Waals surface area contributed by atoms with Crippen molar-refractivity contribution in [3.05, 3.63) is 22.3 Å². The Kier molecular flexibility index (Phi) is 15.6. The van der Waals surface area contributed by atoms with Crippen LogP contribution in [0.3, 0.4) is 0 Å². The Morgan fingerprint density at radius 3 is 1.66 bits per heavy atom. The third-order valence-corrected chi connectivity index (χ3v) is 26.2. The molecule has 2 saturated heterocycles. The molecule has 2 heterocycles. The smallest absolute Gasteiger partial charge is 0.390 e. The van der Waals surface area contributed by atoms with Crippen molar-refractivity contribution in [2.45, 2.75) is 233 Å². The lowest BCUT2D eigenvalue weighted by molar-refractivity contribution is -0.200. The molecule has 0 radical (unpaired) electrons. The molecular weight excluding hydrogens is 1120 g/mol. The van der Waals surface area contributed by atoms with Gasteiger partial charge in [0.15, 0.2) is 5.78 Å². The molecule has 0 spiro atoms. The summed E-state index contributed by atoms with van der Waals surface area (Å²) >= 11 is 0. The second kappa shape index (κ2) is 20.3. The van der Waals surface area contributed by atoms with Crippen molar-refractivity contribution in [1.29, 1.82) is 0 Å². The molecule has 6 fully saturated rings. The summed E-state index contributed by atoms with van der Waals surface area (Å²) in [6, 6.07) is 0. The van der Waals surface area contributed by atoms with Gasteiger partial charge in [-0.1, -0.05) is 77.7 Å². The summed E-state index contributed by atoms with van der Waals surface area (Å²) in [5.41, 5.74) is 1.03. The van der Waals surface area contributed by atoms with Gasteiger partial charge < -0.3 is 14.6 Å². The van der Waals surface area contributed by atoms with Crippen LogP contribution >= 0.6 is 0 Å². The predicted molar refractivity (Wildman–Crippen MR) is 290 cm³/mol. The molecule has 5 N–H and O–H groups in total. The molecule has 80 heavy (non-hydrogen) atoms. The monoisotopic (exact) mass is 1210 g/mol. The van der Waals surface area contributed by atoms with Gasteiger partial charge in [-0.15, -0.1) is 0 Å². The minimum atomic E-state index is -5.00. The lowest BCUT2D eigenvalue weighted by atomic mass is 9.47. The maximum atomic E-state index is 13.6. The van der Waals surface area contributed by atoms with Gasteiger partial charge in [-0.3, -0.25) is 23.0 Å². The van der Waals surface area contributed by atoms with Crippen molar-refractivity contribution in [3.8, 4) is 0 Å². The van der Waals surface area contributed by atoms with E-state index >= 15 is 0 Å². The van der Waals surface area contributed by atoms with Crippen LogP contribution < -0.4 is 0 Å². The number of carbonyl (C=O) groups excluding carboxylic acids is 1. The minimum absolute atomic E-state index is 0.0106. The van der Waals surface area contributed by atoms with E-state index in [1.807, 2.05) is 13.8 Å². The van der Waals surface area contributed by atoms with Gasteiger partial charge in [0.1, 0.15) is 12.2 Å². The highest BCUT2D eigenvalue weighted by atomic mass is 32.3. The fraction of sp³-hybridized carbons (Fsp3) is 0.911. The van der Waals surface area contributed by atoms with Crippen LogP contribution in [-0.4, -0.2) is 117 Å². The lowest BCUT2D eigenvalue weighted by Gasteiger charge is -2.59. The third-order valence-electron chi connectivity index (χ3n) is 24.2. The molecule has 456 valence electrons. The van der Waals surface area contributed by atoms with Crippen LogP contribution in [0.15, 0.2) is 22.3 Å². The number of aliphatic hydroxyl groups excluding tert-OH is 1. The highest BCUT2D eigenvalue weighted by Gasteiger charge is 2.66. The van der Waals surface area contributed by atoms with Gasteiger partial charge in [0.2, 0.25) is 0 Å². The summed E-state index contributed by atoms with van der Waals surface area (Å²) in [5, 5.41) is 11.4. The maximum absolute atomic E-state index is 13.6. The van der Waals surface area contributed by atoms with Crippen LogP contribution in [0.5, 0.6) is 0 Å². The van der Waals surface area contributed by atoms with E-state index in [9.17, 15) is 61.8 Å². The number of allylic oxidation sites excluding steroid dienone is 2. The average molecular weight is 1210 g/mol. The Morgan fingerprint density at radius 2 is 1.12 bits per heavy atom. The Bertz CT molecular complexity index is 3020. The molecule has 0 amide bonds. The fourth-order valence-corrected chi connectivity index (χ4v) is 23.1. The molecule has 0 unspecified atom stereocenters. The van der Waals surface area contributed by atoms with Crippen molar-refractivity contribution in [2.24, 2.45) is 86.8 Å². The Balaban J connectivity index is 0.888. The molecule has 10 aliphatic rings. The number of ether oxygens (including phenoxy) is 2. The quantitative estimate of drug-likeness (QED) is 0.0801. The maximum Gasteiger partial charge on any atom is 0.398 e. The molecule has 0 aromatic rings. The van der Waals surface area contributed by atoms with Crippen molar-refractivity contribution in [3.63, 3.8) is 0 Å². The zero-order valence-corrected chi connectivity index (χ0v) is 51.5. The zero-order valence-electron chi connectivity index (χ0n) is 48.2. The first kappa shape index (κ1) is 61.6. The first-order valence-electron chi connectivity index (χ1n) is 29.3. The zero-order chi connectivity index (χ0) is 58.8. The van der Waals surface area contributed by atoms with Gasteiger partial charge in [0, 0.05) is 17.8 Å². The Morgan fingerprint density at radius 1 is 0.637 bits per heavy atom. The molecule has 24 heteroatoms. The van der Waals surface area contributed by atoms with Crippen molar-refractivity contribution < 1.29 is 88.0 Å². The number of aliphatic hydroxyl groups is 1. The largest absolute Gasteiger partial charge is 0.398 e. The Hall–Kier alpha value is -1.49. The summed E-state index contributed by atoms with van der Waals surface area (Å²) in [5.74, 6) is -2.39. The van der Waals surface area contributed by atoms with Gasteiger partial charge in [0.25, 0.3) is 0 Å². The normalized spacial score (nSPS) is 47.3. The molecule has 0 aromatic carbocycles. The van der Waals surface area contributed by atoms with E-state index in [1.165, 1.54) is 0 Å². The number of fused-ring (bicyclic) bond motifs is 10. The summed E-state index contributed by atoms with van der Waals surface area (Å²) in [4.78, 5) is 13.6. The van der Waals surface area contributed by atoms with Gasteiger partial charge in [-0.05, 0) is 193 Å². The number of hydrogen-bond acceptors (Lipinski definition) is 16. The van der Waals surface area contributed by atoms with Crippen LogP contribution in [0.25, 0.3) is 0 Å². The molecule has 0 aromatic heterocycles. The SMILES string of the molecule is C[C@H]1[C@@H](O)[C@@H](OS(=O)(=O)O)C[C@]2(C)C3=C(C[C@H](OS(=O)(=O)O)[C@@H]12)[C@@H]1CC[C@H]([C@H](C)[C@H]2C[C@H]4C[C@](C)(OC4(C)C)[C@H](CC[C@@H](C)[C@H]4CC[C@H]5C6=C(CC[C@]45C)[C@@]4(C)C[C@@H](OS(=O)(=O)O)C(=O)[C@@H](C)[C@@H]4[C@@H](OS(=O)(=O)O)C6)O2)[C@@]1(C)CC3. The second-order valence-corrected chi connectivity index (χ2v) is 32.9. The molecule has 23 atom stereocenters. The molecule has 4 saturated carbocycles. The molecule has 10 rings (SSSR count). The van der Waals surface area contributed by atoms with E-state index in [0.717, 1.165) is 86.5 Å². The number of carbonyl (C=O) groups is 1. The standard InChI is InChI=1S/C56H88O20S4/c1-28(35-13-15-37-33-23-42(72-77(59,60)61)47-30(3)49(57)44(74-79(65,66)67)26-54(47,9)39(33)18-20-52(35,37)7)12-17-46-56(11)25-32(51(5,6)76-56)22-41(71-46)29(2)36-14-16-38-34-24-43(73-78(62,63)64)48-31(4)50(58)45(75-80(68,69)70)27-55(48,10)40(34)19-21-53(36,38)8/h28-32,35-38,41-48,50,58H,12-27H2,1-11H3,(H,59,60,61)(H,62,63,64)(H,65,66,67)(H,68,69,70)/t28-,29+,30+,31-,32+,35-,36-,37+,38+,41-,42+,43+,44-,45+,46+,47-,48-,50-,52-,53-,54-,55-,56+/m1/s1. The van der Waals surface area contributed by atoms with Crippen molar-refractivity contribution >= 4 is 47.4 Å². The predicted octanol–water partition coefficient (Wildman–Crippen LogP) is 8.83. The summed E-state index contributed by atoms with van der Waals surface area (Å²) in [7, 11) is -19.8. The number of Topliss-reactive ketones (excluding diaryl/α,β-unsaturated/α-hetero) is 1. The summed E-state index contributed by atoms with van der Waals surface area (Å²) in [6.45, 7) is 23.0. The third kappa shape index (κ3) is 10.6. The van der Waals surface area contributed by atoms with E-state index in [2.05, 4.69) is 48.5 Å². The fourth-order valence-electron chi connectivity index (χ4n) is 21.1. The first-order valence-corrected chi connectivity index (χ1v) is 34.7. The number of hydrogen-bond donors (Lipinski definition) is 5. The van der Waals surface area contributed by atoms with Gasteiger partial charge in [-0.25, -0.2) is 16.7 Å². The first-order chi connectivity index (χ1) is 36.6. The topological polar surface area (TPSA) is 310 Å². The van der Waals surface area contributed by atoms with Gasteiger partial charge in [-0.2, -0.15) is 33.7 Å². The highest BCUT2D eigenvalue weighted by molar-refractivity contribution is 7.81. The van der Waals surface area contributed by atoms with Crippen LogP contribution in [-0.2, 0) is 72.6 Å². The number of rotatable bonds is 14. The van der Waals surface area contributed by atoms with E-state index in [4.69, 9.17) is 26.2 Å². The van der Waals surface area contributed by atoms with E-state index in [1.54, 1.807) is 13.8 Å². The van der Waals surface area contributed by atoms with Crippen molar-refractivity contribution in [2.75, 3.05) is 0 Å². The minimum Gasteiger partial charge on any atom is -0.390 e. The van der Waals surface area contributed by atoms with Crippen LogP contribution in [0.4, 0.5) is 0 Å². The molecule has 2 bridgehead atoms. The lowest BCUT2D eigenvalue weighted by Crippen LogP contribution is -2.59. The molecular formula is C56H88O20S4. The van der Waals surface area contributed by atoms with E-state index < -0.39 is 124 Å². The van der Waals surface area contributed by atoms with E-state index in [0.29, 0.717) is 12.8 Å². The van der Waals surface area contributed by atoms with Crippen LogP contribution in [0.2, 0.25) is 0 Å². The van der Waals surface area contributed by atoms with Crippen molar-refractivity contribution in [1.82, 2.24) is 0 Å². The summed E-state index contributed by atoms with van der Waals surface area (Å²) < 4.78 is 173. The molecule has 2 aliphatic heterocycles. The Labute approximate surface area is 474 Å². The van der Waals surface area contributed by atoms with E-state index in [-0.39, 0.29) is 90.1 Å². The average Bonchev–Trinajstić information content (AvgIpc) is 3.03. The highest BCUT2D eigenvalue weighted by Crippen LogP contribution is 2.70. The van der Waals surface area contributed by atoms with Crippen LogP contribution in [0.1, 0.15) is 179 Å².